The third-order valence-electron chi connectivity index (χ3n) is 4.08. The Balaban J connectivity index is 2.22. The van der Waals surface area contributed by atoms with Gasteiger partial charge in [0.15, 0.2) is 0 Å². The first-order valence-electron chi connectivity index (χ1n) is 6.17. The van der Waals surface area contributed by atoms with Crippen molar-refractivity contribution in [2.75, 3.05) is 13.2 Å². The molecule has 0 bridgehead atoms. The van der Waals surface area contributed by atoms with Crippen LogP contribution in [0, 0.1) is 10.8 Å². The molecule has 1 heterocycles. The molecule has 3 heteroatoms. The lowest BCUT2D eigenvalue weighted by atomic mass is 9.69. The van der Waals surface area contributed by atoms with Crippen LogP contribution in [0.5, 0.6) is 0 Å². The fourth-order valence-corrected chi connectivity index (χ4v) is 2.93. The molecule has 0 radical (unpaired) electrons. The van der Waals surface area contributed by atoms with Crippen LogP contribution >= 0.6 is 0 Å². The second kappa shape index (κ2) is 3.54. The van der Waals surface area contributed by atoms with Crippen molar-refractivity contribution in [2.45, 2.75) is 52.1 Å². The van der Waals surface area contributed by atoms with E-state index in [1.165, 1.54) is 0 Å². The zero-order valence-corrected chi connectivity index (χ0v) is 10.5. The maximum absolute atomic E-state index is 12.5. The number of Topliss-reactive ketones (excluding diaryl/α,β-unsaturated/α-hetero) is 1. The van der Waals surface area contributed by atoms with Gasteiger partial charge in [-0.3, -0.25) is 4.79 Å². The third kappa shape index (κ3) is 1.70. The Morgan fingerprint density at radius 2 is 1.62 bits per heavy atom. The maximum Gasteiger partial charge on any atom is 0.147 e. The van der Waals surface area contributed by atoms with E-state index >= 15 is 0 Å². The molecule has 1 saturated carbocycles. The van der Waals surface area contributed by atoms with Crippen molar-refractivity contribution in [3.05, 3.63) is 0 Å². The minimum atomic E-state index is -0.810. The van der Waals surface area contributed by atoms with Crippen LogP contribution in [-0.4, -0.2) is 29.7 Å². The van der Waals surface area contributed by atoms with Crippen LogP contribution in [0.2, 0.25) is 0 Å². The highest BCUT2D eigenvalue weighted by Crippen LogP contribution is 2.60. The summed E-state index contributed by atoms with van der Waals surface area (Å²) in [7, 11) is 0. The van der Waals surface area contributed by atoms with E-state index in [0.717, 1.165) is 12.8 Å². The van der Waals surface area contributed by atoms with Gasteiger partial charge in [-0.1, -0.05) is 20.8 Å². The Bertz CT molecular complexity index is 291. The van der Waals surface area contributed by atoms with E-state index in [0.29, 0.717) is 26.1 Å². The highest BCUT2D eigenvalue weighted by atomic mass is 16.5. The van der Waals surface area contributed by atoms with E-state index in [4.69, 9.17) is 4.74 Å². The van der Waals surface area contributed by atoms with Crippen LogP contribution < -0.4 is 0 Å². The van der Waals surface area contributed by atoms with Gasteiger partial charge in [-0.25, -0.2) is 0 Å². The van der Waals surface area contributed by atoms with Gasteiger partial charge in [0, 0.05) is 31.5 Å². The normalized spacial score (nSPS) is 27.5. The van der Waals surface area contributed by atoms with Crippen LogP contribution in [0.1, 0.15) is 46.5 Å². The molecule has 3 nitrogen and oxygen atoms in total. The summed E-state index contributed by atoms with van der Waals surface area (Å²) in [6, 6.07) is 0. The molecular formula is C13H22O3. The molecule has 1 aliphatic heterocycles. The third-order valence-corrected chi connectivity index (χ3v) is 4.08. The number of ether oxygens (including phenoxy) is 1. The molecule has 16 heavy (non-hydrogen) atoms. The number of ketones is 1. The quantitative estimate of drug-likeness (QED) is 0.782. The van der Waals surface area contributed by atoms with Gasteiger partial charge in [0.2, 0.25) is 0 Å². The minimum absolute atomic E-state index is 0.226. The minimum Gasteiger partial charge on any atom is -0.389 e. The average Bonchev–Trinajstić information content (AvgIpc) is 2.97. The molecule has 2 aliphatic rings. The number of rotatable bonds is 2. The van der Waals surface area contributed by atoms with Gasteiger partial charge in [-0.2, -0.15) is 0 Å². The number of carbonyl (C=O) groups is 1. The largest absolute Gasteiger partial charge is 0.389 e. The van der Waals surface area contributed by atoms with Crippen LogP contribution in [0.4, 0.5) is 0 Å². The Kier molecular flexibility index (Phi) is 2.67. The number of carbonyl (C=O) groups excluding carboxylic acids is 1. The molecule has 1 aliphatic carbocycles. The Morgan fingerprint density at radius 3 is 2.00 bits per heavy atom. The molecule has 0 aromatic heterocycles. The zero-order chi connectivity index (χ0) is 12.0. The predicted octanol–water partition coefficient (Wildman–Crippen LogP) is 1.92. The summed E-state index contributed by atoms with van der Waals surface area (Å²) in [5.74, 6) is 0.226. The summed E-state index contributed by atoms with van der Waals surface area (Å²) >= 11 is 0. The summed E-state index contributed by atoms with van der Waals surface area (Å²) in [5, 5.41) is 10.7. The Morgan fingerprint density at radius 1 is 1.12 bits per heavy atom. The lowest BCUT2D eigenvalue weighted by molar-refractivity contribution is -0.154. The smallest absolute Gasteiger partial charge is 0.147 e. The van der Waals surface area contributed by atoms with Gasteiger partial charge in [0.05, 0.1) is 11.0 Å². The van der Waals surface area contributed by atoms with Crippen molar-refractivity contribution in [1.82, 2.24) is 0 Å². The van der Waals surface area contributed by atoms with Crippen LogP contribution in [-0.2, 0) is 9.53 Å². The highest BCUT2D eigenvalue weighted by Gasteiger charge is 2.65. The molecule has 0 spiro atoms. The fourth-order valence-electron chi connectivity index (χ4n) is 2.93. The van der Waals surface area contributed by atoms with Crippen LogP contribution in [0.3, 0.4) is 0 Å². The average molecular weight is 226 g/mol. The van der Waals surface area contributed by atoms with Gasteiger partial charge in [-0.15, -0.1) is 0 Å². The molecule has 0 amide bonds. The standard InChI is InChI=1S/C13H22O3/c1-11(2,3)10(14)12(4-5-12)13(15)6-8-16-9-7-13/h15H,4-9H2,1-3H3. The summed E-state index contributed by atoms with van der Waals surface area (Å²) in [6.45, 7) is 6.99. The Labute approximate surface area is 97.2 Å². The molecule has 2 rings (SSSR count). The second-order valence-electron chi connectivity index (χ2n) is 6.31. The second-order valence-corrected chi connectivity index (χ2v) is 6.31. The van der Waals surface area contributed by atoms with E-state index in [9.17, 15) is 9.90 Å². The molecule has 0 atom stereocenters. The van der Waals surface area contributed by atoms with Crippen LogP contribution in [0.15, 0.2) is 0 Å². The van der Waals surface area contributed by atoms with Crippen LogP contribution in [0.25, 0.3) is 0 Å². The van der Waals surface area contributed by atoms with Crippen molar-refractivity contribution in [1.29, 1.82) is 0 Å². The first-order chi connectivity index (χ1) is 7.32. The number of hydrogen-bond acceptors (Lipinski definition) is 3. The van der Waals surface area contributed by atoms with Crippen molar-refractivity contribution < 1.29 is 14.6 Å². The lowest BCUT2D eigenvalue weighted by Crippen LogP contribution is -2.51. The Hall–Kier alpha value is -0.410. The van der Waals surface area contributed by atoms with E-state index in [-0.39, 0.29) is 11.2 Å². The first kappa shape index (κ1) is 12.1. The summed E-state index contributed by atoms with van der Waals surface area (Å²) in [4.78, 5) is 12.5. The van der Waals surface area contributed by atoms with E-state index in [2.05, 4.69) is 0 Å². The van der Waals surface area contributed by atoms with Gasteiger partial charge in [0.1, 0.15) is 5.78 Å². The van der Waals surface area contributed by atoms with E-state index in [1.807, 2.05) is 20.8 Å². The summed E-state index contributed by atoms with van der Waals surface area (Å²) in [6.07, 6.45) is 2.91. The summed E-state index contributed by atoms with van der Waals surface area (Å²) < 4.78 is 5.28. The van der Waals surface area contributed by atoms with E-state index in [1.54, 1.807) is 0 Å². The lowest BCUT2D eigenvalue weighted by Gasteiger charge is -2.41. The first-order valence-corrected chi connectivity index (χ1v) is 6.17. The fraction of sp³-hybridized carbons (Fsp3) is 0.923. The molecule has 92 valence electrons. The van der Waals surface area contributed by atoms with Gasteiger partial charge in [0.25, 0.3) is 0 Å². The van der Waals surface area contributed by atoms with Crippen molar-refractivity contribution in [2.24, 2.45) is 10.8 Å². The SMILES string of the molecule is CC(C)(C)C(=O)C1(C2(O)CCOCC2)CC1. The topological polar surface area (TPSA) is 46.5 Å². The molecule has 0 aromatic rings. The molecular weight excluding hydrogens is 204 g/mol. The van der Waals surface area contributed by atoms with Gasteiger partial charge >= 0.3 is 0 Å². The molecule has 0 unspecified atom stereocenters. The monoisotopic (exact) mass is 226 g/mol. The molecule has 0 aromatic carbocycles. The molecule has 1 saturated heterocycles. The van der Waals surface area contributed by atoms with Gasteiger partial charge < -0.3 is 9.84 Å². The number of aliphatic hydroxyl groups is 1. The van der Waals surface area contributed by atoms with Gasteiger partial charge in [-0.05, 0) is 12.8 Å². The van der Waals surface area contributed by atoms with Crippen molar-refractivity contribution in [3.63, 3.8) is 0 Å². The van der Waals surface area contributed by atoms with Crippen molar-refractivity contribution >= 4 is 5.78 Å². The maximum atomic E-state index is 12.5. The zero-order valence-electron chi connectivity index (χ0n) is 10.5. The highest BCUT2D eigenvalue weighted by molar-refractivity contribution is 5.93. The number of hydrogen-bond donors (Lipinski definition) is 1. The van der Waals surface area contributed by atoms with Crippen molar-refractivity contribution in [3.8, 4) is 0 Å². The molecule has 1 N–H and O–H groups in total. The predicted molar refractivity (Wildman–Crippen MR) is 61.1 cm³/mol. The van der Waals surface area contributed by atoms with E-state index < -0.39 is 11.0 Å². The molecule has 2 fully saturated rings. The summed E-state index contributed by atoms with van der Waals surface area (Å²) in [5.41, 5.74) is -1.63.